The van der Waals surface area contributed by atoms with Crippen molar-refractivity contribution in [1.82, 2.24) is 4.90 Å². The molecule has 106 valence electrons. The van der Waals surface area contributed by atoms with E-state index in [1.165, 1.54) is 4.90 Å². The van der Waals surface area contributed by atoms with Crippen LogP contribution in [-0.4, -0.2) is 36.5 Å². The molecule has 0 bridgehead atoms. The summed E-state index contributed by atoms with van der Waals surface area (Å²) in [7, 11) is 1.70. The summed E-state index contributed by atoms with van der Waals surface area (Å²) in [6.45, 7) is 0.708. The number of ether oxygens (including phenoxy) is 1. The minimum absolute atomic E-state index is 0.0244. The number of fused-ring (bicyclic) bond motifs is 1. The zero-order chi connectivity index (χ0) is 14.1. The summed E-state index contributed by atoms with van der Waals surface area (Å²) in [4.78, 5) is 26.4. The summed E-state index contributed by atoms with van der Waals surface area (Å²) in [6.07, 6.45) is 3.94. The Balaban J connectivity index is 1.82. The minimum Gasteiger partial charge on any atom is -0.384 e. The third-order valence-corrected chi connectivity index (χ3v) is 4.35. The van der Waals surface area contributed by atoms with Crippen LogP contribution in [0, 0.1) is 5.92 Å². The topological polar surface area (TPSA) is 46.6 Å². The van der Waals surface area contributed by atoms with Crippen LogP contribution in [0.3, 0.4) is 0 Å². The van der Waals surface area contributed by atoms with Crippen molar-refractivity contribution in [3.8, 4) is 0 Å². The minimum atomic E-state index is -0.131. The number of rotatable bonds is 3. The quantitative estimate of drug-likeness (QED) is 0.795. The van der Waals surface area contributed by atoms with Crippen LogP contribution in [0.5, 0.6) is 0 Å². The van der Waals surface area contributed by atoms with Crippen molar-refractivity contribution in [2.45, 2.75) is 31.7 Å². The lowest BCUT2D eigenvalue weighted by Gasteiger charge is -2.33. The van der Waals surface area contributed by atoms with E-state index in [0.717, 1.165) is 25.7 Å². The van der Waals surface area contributed by atoms with Gasteiger partial charge in [-0.15, -0.1) is 0 Å². The SMILES string of the molecule is COC[C@@H]1CCC[C@@H](N2C(=O)c3ccccc3C2=O)C1. The normalized spacial score (nSPS) is 25.9. The Labute approximate surface area is 118 Å². The highest BCUT2D eigenvalue weighted by atomic mass is 16.5. The van der Waals surface area contributed by atoms with Gasteiger partial charge in [0.15, 0.2) is 0 Å². The largest absolute Gasteiger partial charge is 0.384 e. The number of carbonyl (C=O) groups excluding carboxylic acids is 2. The molecule has 1 saturated carbocycles. The van der Waals surface area contributed by atoms with Crippen molar-refractivity contribution in [2.75, 3.05) is 13.7 Å². The molecular weight excluding hydrogens is 254 g/mol. The van der Waals surface area contributed by atoms with Crippen molar-refractivity contribution in [3.05, 3.63) is 35.4 Å². The average Bonchev–Trinajstić information content (AvgIpc) is 2.72. The van der Waals surface area contributed by atoms with E-state index in [-0.39, 0.29) is 17.9 Å². The molecule has 1 aliphatic heterocycles. The van der Waals surface area contributed by atoms with E-state index in [4.69, 9.17) is 4.74 Å². The summed E-state index contributed by atoms with van der Waals surface area (Å²) in [5.74, 6) is 0.186. The maximum Gasteiger partial charge on any atom is 0.261 e. The van der Waals surface area contributed by atoms with Crippen LogP contribution in [0.1, 0.15) is 46.4 Å². The first-order valence-corrected chi connectivity index (χ1v) is 7.18. The summed E-state index contributed by atoms with van der Waals surface area (Å²) in [6, 6.07) is 7.12. The molecule has 0 saturated heterocycles. The molecule has 1 heterocycles. The average molecular weight is 273 g/mol. The van der Waals surface area contributed by atoms with E-state index in [9.17, 15) is 9.59 Å². The molecular formula is C16H19NO3. The van der Waals surface area contributed by atoms with Gasteiger partial charge in [-0.3, -0.25) is 14.5 Å². The monoisotopic (exact) mass is 273 g/mol. The number of hydrogen-bond donors (Lipinski definition) is 0. The number of nitrogens with zero attached hydrogens (tertiary/aromatic N) is 1. The highest BCUT2D eigenvalue weighted by Gasteiger charge is 2.41. The number of imide groups is 1. The molecule has 2 amide bonds. The first-order chi connectivity index (χ1) is 9.72. The number of amides is 2. The van der Waals surface area contributed by atoms with Gasteiger partial charge in [0, 0.05) is 19.8 Å². The van der Waals surface area contributed by atoms with Crippen molar-refractivity contribution >= 4 is 11.8 Å². The van der Waals surface area contributed by atoms with Gasteiger partial charge in [0.1, 0.15) is 0 Å². The van der Waals surface area contributed by atoms with Crippen molar-refractivity contribution in [3.63, 3.8) is 0 Å². The van der Waals surface area contributed by atoms with Crippen molar-refractivity contribution in [2.24, 2.45) is 5.92 Å². The van der Waals surface area contributed by atoms with Crippen LogP contribution in [-0.2, 0) is 4.74 Å². The van der Waals surface area contributed by atoms with Crippen molar-refractivity contribution in [1.29, 1.82) is 0 Å². The Morgan fingerprint density at radius 3 is 2.40 bits per heavy atom. The molecule has 0 N–H and O–H groups in total. The van der Waals surface area contributed by atoms with Gasteiger partial charge in [-0.05, 0) is 37.3 Å². The van der Waals surface area contributed by atoms with E-state index >= 15 is 0 Å². The highest BCUT2D eigenvalue weighted by Crippen LogP contribution is 2.33. The lowest BCUT2D eigenvalue weighted by atomic mass is 9.85. The Kier molecular flexibility index (Phi) is 3.57. The second kappa shape index (κ2) is 5.37. The van der Waals surface area contributed by atoms with Gasteiger partial charge in [0.2, 0.25) is 0 Å². The fourth-order valence-corrected chi connectivity index (χ4v) is 3.42. The lowest BCUT2D eigenvalue weighted by Crippen LogP contribution is -2.43. The van der Waals surface area contributed by atoms with Gasteiger partial charge in [-0.1, -0.05) is 18.6 Å². The molecule has 2 aliphatic rings. The van der Waals surface area contributed by atoms with Gasteiger partial charge in [0.25, 0.3) is 11.8 Å². The molecule has 20 heavy (non-hydrogen) atoms. The Morgan fingerprint density at radius 2 is 1.80 bits per heavy atom. The first kappa shape index (κ1) is 13.3. The van der Waals surface area contributed by atoms with E-state index < -0.39 is 0 Å². The summed E-state index contributed by atoms with van der Waals surface area (Å²) >= 11 is 0. The maximum atomic E-state index is 12.4. The Hall–Kier alpha value is -1.68. The standard InChI is InChI=1S/C16H19NO3/c1-20-10-11-5-4-6-12(9-11)17-15(18)13-7-2-3-8-14(13)16(17)19/h2-3,7-8,11-12H,4-6,9-10H2,1H3/t11-,12-/m1/s1. The van der Waals surface area contributed by atoms with Crippen LogP contribution >= 0.6 is 0 Å². The van der Waals surface area contributed by atoms with Gasteiger partial charge in [-0.2, -0.15) is 0 Å². The number of benzene rings is 1. The Bertz CT molecular complexity index is 503. The number of carbonyl (C=O) groups is 2. The van der Waals surface area contributed by atoms with Crippen LogP contribution in [0.15, 0.2) is 24.3 Å². The van der Waals surface area contributed by atoms with Crippen LogP contribution in [0.2, 0.25) is 0 Å². The van der Waals surface area contributed by atoms with Crippen LogP contribution in [0.25, 0.3) is 0 Å². The van der Waals surface area contributed by atoms with Crippen LogP contribution in [0.4, 0.5) is 0 Å². The molecule has 0 aromatic heterocycles. The van der Waals surface area contributed by atoms with E-state index in [0.29, 0.717) is 23.7 Å². The molecule has 0 radical (unpaired) electrons. The maximum absolute atomic E-state index is 12.4. The fraction of sp³-hybridized carbons (Fsp3) is 0.500. The lowest BCUT2D eigenvalue weighted by molar-refractivity contribution is 0.0467. The second-order valence-electron chi connectivity index (χ2n) is 5.67. The van der Waals surface area contributed by atoms with Gasteiger partial charge >= 0.3 is 0 Å². The van der Waals surface area contributed by atoms with Gasteiger partial charge in [0.05, 0.1) is 11.1 Å². The zero-order valence-electron chi connectivity index (χ0n) is 11.7. The number of hydrogen-bond acceptors (Lipinski definition) is 3. The molecule has 3 rings (SSSR count). The third kappa shape index (κ3) is 2.14. The molecule has 0 unspecified atom stereocenters. The molecule has 4 nitrogen and oxygen atoms in total. The van der Waals surface area contributed by atoms with E-state index in [2.05, 4.69) is 0 Å². The number of methoxy groups -OCH3 is 1. The van der Waals surface area contributed by atoms with Gasteiger partial charge < -0.3 is 4.74 Å². The second-order valence-corrected chi connectivity index (χ2v) is 5.67. The molecule has 1 aromatic carbocycles. The molecule has 1 fully saturated rings. The predicted octanol–water partition coefficient (Wildman–Crippen LogP) is 2.49. The zero-order valence-corrected chi connectivity index (χ0v) is 11.7. The summed E-state index contributed by atoms with van der Waals surface area (Å²) < 4.78 is 5.22. The summed E-state index contributed by atoms with van der Waals surface area (Å²) in [5.41, 5.74) is 1.10. The third-order valence-electron chi connectivity index (χ3n) is 4.35. The van der Waals surface area contributed by atoms with E-state index in [1.807, 2.05) is 12.1 Å². The smallest absolute Gasteiger partial charge is 0.261 e. The van der Waals surface area contributed by atoms with Crippen LogP contribution < -0.4 is 0 Å². The highest BCUT2D eigenvalue weighted by molar-refractivity contribution is 6.21. The van der Waals surface area contributed by atoms with Crippen molar-refractivity contribution < 1.29 is 14.3 Å². The molecule has 2 atom stereocenters. The molecule has 0 spiro atoms. The molecule has 1 aliphatic carbocycles. The fourth-order valence-electron chi connectivity index (χ4n) is 3.42. The molecule has 1 aromatic rings. The molecule has 4 heteroatoms. The predicted molar refractivity (Wildman–Crippen MR) is 74.6 cm³/mol. The first-order valence-electron chi connectivity index (χ1n) is 7.18. The Morgan fingerprint density at radius 1 is 1.15 bits per heavy atom. The van der Waals surface area contributed by atoms with E-state index in [1.54, 1.807) is 19.2 Å². The van der Waals surface area contributed by atoms with Gasteiger partial charge in [-0.25, -0.2) is 0 Å². The summed E-state index contributed by atoms with van der Waals surface area (Å²) in [5, 5.41) is 0.